The summed E-state index contributed by atoms with van der Waals surface area (Å²) < 4.78 is 0. The number of hydrogen-bond acceptors (Lipinski definition) is 3. The summed E-state index contributed by atoms with van der Waals surface area (Å²) in [4.78, 5) is 19.9. The summed E-state index contributed by atoms with van der Waals surface area (Å²) in [6.07, 6.45) is 0. The molecule has 0 saturated carbocycles. The van der Waals surface area contributed by atoms with Crippen LogP contribution >= 0.6 is 11.3 Å². The standard InChI is InChI=1S/C18H20N2OS/c1-13-7-8-16(22-13)11-19-9-14-10-20(18(21)17(14)12-19)15-5-3-2-4-6-15/h2-8,14,17H,9-12H2,1H3/t14-,17-/m0/s1. The van der Waals surface area contributed by atoms with Crippen molar-refractivity contribution < 1.29 is 4.79 Å². The Bertz CT molecular complexity index is 681. The van der Waals surface area contributed by atoms with E-state index in [1.165, 1.54) is 9.75 Å². The van der Waals surface area contributed by atoms with Gasteiger partial charge in [-0.25, -0.2) is 0 Å². The molecule has 2 aliphatic heterocycles. The molecule has 0 aliphatic carbocycles. The van der Waals surface area contributed by atoms with Crippen LogP contribution in [0.2, 0.25) is 0 Å². The predicted octanol–water partition coefficient (Wildman–Crippen LogP) is 3.15. The normalized spacial score (nSPS) is 25.0. The lowest BCUT2D eigenvalue weighted by Crippen LogP contribution is -2.32. The molecule has 22 heavy (non-hydrogen) atoms. The zero-order valence-corrected chi connectivity index (χ0v) is 13.6. The molecule has 2 saturated heterocycles. The van der Waals surface area contributed by atoms with E-state index in [4.69, 9.17) is 0 Å². The lowest BCUT2D eigenvalue weighted by molar-refractivity contribution is -0.120. The first-order valence-corrected chi connectivity index (χ1v) is 8.66. The lowest BCUT2D eigenvalue weighted by Gasteiger charge is -2.21. The van der Waals surface area contributed by atoms with Crippen LogP contribution in [0.4, 0.5) is 5.69 Å². The van der Waals surface area contributed by atoms with Crippen LogP contribution in [0, 0.1) is 18.8 Å². The molecule has 0 radical (unpaired) electrons. The maximum absolute atomic E-state index is 12.7. The van der Waals surface area contributed by atoms with Gasteiger partial charge in [-0.15, -0.1) is 11.3 Å². The van der Waals surface area contributed by atoms with E-state index >= 15 is 0 Å². The molecule has 2 aliphatic rings. The van der Waals surface area contributed by atoms with E-state index in [-0.39, 0.29) is 5.92 Å². The number of benzene rings is 1. The number of anilines is 1. The van der Waals surface area contributed by atoms with Crippen molar-refractivity contribution >= 4 is 22.9 Å². The van der Waals surface area contributed by atoms with E-state index < -0.39 is 0 Å². The first kappa shape index (κ1) is 14.0. The number of hydrogen-bond donors (Lipinski definition) is 0. The van der Waals surface area contributed by atoms with Crippen LogP contribution in [0.3, 0.4) is 0 Å². The first-order chi connectivity index (χ1) is 10.7. The Morgan fingerprint density at radius 2 is 1.91 bits per heavy atom. The molecule has 0 unspecified atom stereocenters. The van der Waals surface area contributed by atoms with E-state index in [1.54, 1.807) is 0 Å². The summed E-state index contributed by atoms with van der Waals surface area (Å²) in [5.41, 5.74) is 1.04. The van der Waals surface area contributed by atoms with Crippen LogP contribution in [0.5, 0.6) is 0 Å². The Kier molecular flexibility index (Phi) is 3.51. The molecule has 0 spiro atoms. The zero-order chi connectivity index (χ0) is 15.1. The smallest absolute Gasteiger partial charge is 0.231 e. The average molecular weight is 312 g/mol. The first-order valence-electron chi connectivity index (χ1n) is 7.85. The number of carbonyl (C=O) groups is 1. The van der Waals surface area contributed by atoms with Crippen molar-refractivity contribution in [1.29, 1.82) is 0 Å². The largest absolute Gasteiger partial charge is 0.312 e. The minimum Gasteiger partial charge on any atom is -0.312 e. The van der Waals surface area contributed by atoms with E-state index in [9.17, 15) is 4.79 Å². The van der Waals surface area contributed by atoms with Gasteiger partial charge in [-0.1, -0.05) is 18.2 Å². The predicted molar refractivity (Wildman–Crippen MR) is 90.1 cm³/mol. The highest BCUT2D eigenvalue weighted by Gasteiger charge is 2.46. The molecule has 4 rings (SSSR count). The third kappa shape index (κ3) is 2.46. The van der Waals surface area contributed by atoms with Crippen molar-refractivity contribution in [1.82, 2.24) is 4.90 Å². The monoisotopic (exact) mass is 312 g/mol. The molecule has 0 N–H and O–H groups in total. The van der Waals surface area contributed by atoms with Crippen LogP contribution in [0.15, 0.2) is 42.5 Å². The molecule has 3 nitrogen and oxygen atoms in total. The molecule has 2 aromatic rings. The zero-order valence-electron chi connectivity index (χ0n) is 12.7. The van der Waals surface area contributed by atoms with Crippen LogP contribution in [-0.4, -0.2) is 30.4 Å². The molecule has 4 heteroatoms. The summed E-state index contributed by atoms with van der Waals surface area (Å²) in [5, 5.41) is 0. The number of aryl methyl sites for hydroxylation is 1. The summed E-state index contributed by atoms with van der Waals surface area (Å²) in [5.74, 6) is 0.969. The van der Waals surface area contributed by atoms with Crippen molar-refractivity contribution in [2.45, 2.75) is 13.5 Å². The van der Waals surface area contributed by atoms with Gasteiger partial charge in [0.25, 0.3) is 0 Å². The van der Waals surface area contributed by atoms with Crippen molar-refractivity contribution in [3.8, 4) is 0 Å². The van der Waals surface area contributed by atoms with Crippen molar-refractivity contribution in [3.05, 3.63) is 52.2 Å². The molecule has 1 amide bonds. The number of rotatable bonds is 3. The average Bonchev–Trinajstić information content (AvgIpc) is 3.18. The fourth-order valence-electron chi connectivity index (χ4n) is 3.71. The van der Waals surface area contributed by atoms with Gasteiger partial charge in [0.15, 0.2) is 0 Å². The number of nitrogens with zero attached hydrogens (tertiary/aromatic N) is 2. The maximum atomic E-state index is 12.7. The second-order valence-corrected chi connectivity index (χ2v) is 7.73. The van der Waals surface area contributed by atoms with Crippen LogP contribution in [0.1, 0.15) is 9.75 Å². The van der Waals surface area contributed by atoms with E-state index in [1.807, 2.05) is 46.6 Å². The molecule has 0 bridgehead atoms. The fourth-order valence-corrected chi connectivity index (χ4v) is 4.64. The van der Waals surface area contributed by atoms with Gasteiger partial charge in [-0.3, -0.25) is 9.69 Å². The highest BCUT2D eigenvalue weighted by molar-refractivity contribution is 7.11. The SMILES string of the molecule is Cc1ccc(CN2C[C@H]3CN(c4ccccc4)C(=O)[C@H]3C2)s1. The van der Waals surface area contributed by atoms with Crippen LogP contribution in [-0.2, 0) is 11.3 Å². The van der Waals surface area contributed by atoms with Gasteiger partial charge in [0.05, 0.1) is 5.92 Å². The number of para-hydroxylation sites is 1. The summed E-state index contributed by atoms with van der Waals surface area (Å²) in [7, 11) is 0. The molecule has 2 fully saturated rings. The molecule has 114 valence electrons. The Labute approximate surface area is 135 Å². The number of likely N-dealkylation sites (tertiary alicyclic amines) is 1. The van der Waals surface area contributed by atoms with Gasteiger partial charge in [-0.05, 0) is 31.2 Å². The van der Waals surface area contributed by atoms with Crippen molar-refractivity contribution in [2.75, 3.05) is 24.5 Å². The second kappa shape index (κ2) is 5.52. The van der Waals surface area contributed by atoms with Gasteiger partial charge < -0.3 is 4.90 Å². The van der Waals surface area contributed by atoms with Gasteiger partial charge in [0, 0.05) is 47.5 Å². The van der Waals surface area contributed by atoms with E-state index in [0.717, 1.165) is 31.9 Å². The highest BCUT2D eigenvalue weighted by Crippen LogP contribution is 2.35. The Morgan fingerprint density at radius 3 is 2.59 bits per heavy atom. The summed E-state index contributed by atoms with van der Waals surface area (Å²) >= 11 is 1.86. The lowest BCUT2D eigenvalue weighted by atomic mass is 10.0. The van der Waals surface area contributed by atoms with E-state index in [2.05, 4.69) is 24.0 Å². The van der Waals surface area contributed by atoms with Gasteiger partial charge in [0.2, 0.25) is 5.91 Å². The van der Waals surface area contributed by atoms with Gasteiger partial charge in [0.1, 0.15) is 0 Å². The van der Waals surface area contributed by atoms with E-state index in [0.29, 0.717) is 11.8 Å². The summed E-state index contributed by atoms with van der Waals surface area (Å²) in [6.45, 7) is 5.95. The molecular weight excluding hydrogens is 292 g/mol. The molecule has 3 heterocycles. The van der Waals surface area contributed by atoms with Gasteiger partial charge in [-0.2, -0.15) is 0 Å². The van der Waals surface area contributed by atoms with Gasteiger partial charge >= 0.3 is 0 Å². The second-order valence-electron chi connectivity index (χ2n) is 6.36. The highest BCUT2D eigenvalue weighted by atomic mass is 32.1. The third-order valence-corrected chi connectivity index (χ3v) is 5.75. The third-order valence-electron chi connectivity index (χ3n) is 4.76. The minimum atomic E-state index is 0.182. The number of amides is 1. The molecule has 1 aromatic carbocycles. The number of fused-ring (bicyclic) bond motifs is 1. The van der Waals surface area contributed by atoms with Crippen molar-refractivity contribution in [2.24, 2.45) is 11.8 Å². The minimum absolute atomic E-state index is 0.182. The maximum Gasteiger partial charge on any atom is 0.231 e. The van der Waals surface area contributed by atoms with Crippen molar-refractivity contribution in [3.63, 3.8) is 0 Å². The fraction of sp³-hybridized carbons (Fsp3) is 0.389. The van der Waals surface area contributed by atoms with Crippen LogP contribution < -0.4 is 4.90 Å². The number of thiophene rings is 1. The quantitative estimate of drug-likeness (QED) is 0.869. The molecule has 1 aromatic heterocycles. The molecular formula is C18H20N2OS. The topological polar surface area (TPSA) is 23.6 Å². The Hall–Kier alpha value is -1.65. The Balaban J connectivity index is 1.44. The number of carbonyl (C=O) groups excluding carboxylic acids is 1. The molecule has 2 atom stereocenters. The summed E-state index contributed by atoms with van der Waals surface area (Å²) in [6, 6.07) is 14.5. The Morgan fingerprint density at radius 1 is 1.09 bits per heavy atom. The van der Waals surface area contributed by atoms with Crippen LogP contribution in [0.25, 0.3) is 0 Å².